The maximum atomic E-state index is 5.76. The lowest BCUT2D eigenvalue weighted by molar-refractivity contribution is 0.291. The largest absolute Gasteiger partial charge is 0.494 e. The lowest BCUT2D eigenvalue weighted by atomic mass is 9.98. The first-order valence-corrected chi connectivity index (χ1v) is 52.1. The Balaban J connectivity index is 0.000000193. The smallest absolute Gasteiger partial charge is 0.127 e. The maximum Gasteiger partial charge on any atom is 0.127 e. The normalized spacial score (nSPS) is 10.5. The number of benzene rings is 16. The Morgan fingerprint density at radius 1 is 0.164 bits per heavy atom. The molecule has 10 nitrogen and oxygen atoms in total. The molecular weight excluding hydrogens is 1720 g/mol. The molecule has 0 amide bonds. The lowest BCUT2D eigenvalue weighted by Crippen LogP contribution is -2.00. The molecular formula is C130H162O10. The average molecular weight is 1880 g/mol. The van der Waals surface area contributed by atoms with Gasteiger partial charge in [-0.3, -0.25) is 0 Å². The van der Waals surface area contributed by atoms with E-state index in [-0.39, 0.29) is 0 Å². The van der Waals surface area contributed by atoms with Gasteiger partial charge in [0.1, 0.15) is 63.2 Å². The minimum atomic E-state index is 0.643. The van der Waals surface area contributed by atoms with Crippen molar-refractivity contribution in [2.24, 2.45) is 0 Å². The van der Waals surface area contributed by atoms with Crippen LogP contribution in [0.3, 0.4) is 0 Å². The van der Waals surface area contributed by atoms with Crippen LogP contribution in [-0.2, 0) is 38.5 Å². The molecule has 0 unspecified atom stereocenters. The Labute approximate surface area is 841 Å². The first-order valence-electron chi connectivity index (χ1n) is 52.1. The summed E-state index contributed by atoms with van der Waals surface area (Å²) in [6.45, 7) is 49.0. The number of hydrogen-bond donors (Lipinski definition) is 0. The number of hydrogen-bond acceptors (Lipinski definition) is 10. The summed E-state index contributed by atoms with van der Waals surface area (Å²) in [5.74, 6) is 9.43. The highest BCUT2D eigenvalue weighted by molar-refractivity contribution is 5.95. The summed E-state index contributed by atoms with van der Waals surface area (Å²) in [5, 5.41) is 15.8. The predicted octanol–water partition coefficient (Wildman–Crippen LogP) is 36.7. The Bertz CT molecular complexity index is 5830. The molecule has 10 heteroatoms. The van der Waals surface area contributed by atoms with Crippen LogP contribution in [0.4, 0.5) is 0 Å². The van der Waals surface area contributed by atoms with Crippen LogP contribution in [0.1, 0.15) is 236 Å². The van der Waals surface area contributed by atoms with Crippen molar-refractivity contribution in [2.75, 3.05) is 59.5 Å². The number of rotatable bonds is 37. The van der Waals surface area contributed by atoms with E-state index in [4.69, 9.17) is 47.4 Å². The molecule has 0 aliphatic heterocycles. The number of fused-ring (bicyclic) bond motifs is 6. The minimum absolute atomic E-state index is 0.643. The zero-order valence-corrected chi connectivity index (χ0v) is 88.3. The van der Waals surface area contributed by atoms with Crippen LogP contribution in [0.25, 0.3) is 64.6 Å². The fourth-order valence-corrected chi connectivity index (χ4v) is 16.7. The van der Waals surface area contributed by atoms with Crippen LogP contribution in [0.2, 0.25) is 0 Å². The van der Waals surface area contributed by atoms with Gasteiger partial charge in [-0.15, -0.1) is 0 Å². The van der Waals surface area contributed by atoms with E-state index in [2.05, 4.69) is 299 Å². The highest BCUT2D eigenvalue weighted by Gasteiger charge is 2.13. The number of aryl methyl sites for hydroxylation is 11. The van der Waals surface area contributed by atoms with E-state index in [1.807, 2.05) is 143 Å². The molecule has 0 saturated carbocycles. The molecule has 16 aromatic rings. The SMILES string of the molecule is CCCOc1cc(OCC)cc(OCCC)c1.CCCOc1ccc(OCC)c2ccccc12.CCCOc1ccc(OCC)c2ccccc12.CCCOc1ccc(Oc2ccc(OCC)cc2)cc1.CCCc1cc(C)cc(CCC)c1.CCCc1ccc(C)c2ccccc12.CCCc1ccc(C)c2ccccc12.CCCc1cccc2c(C)cccc12.CCCc1cccc2c(C)cccc12. The molecule has 0 saturated heterocycles. The lowest BCUT2D eigenvalue weighted by Gasteiger charge is -2.12. The monoisotopic (exact) mass is 1880 g/mol. The van der Waals surface area contributed by atoms with Crippen molar-refractivity contribution in [2.45, 2.75) is 248 Å². The van der Waals surface area contributed by atoms with Gasteiger partial charge in [0.2, 0.25) is 0 Å². The van der Waals surface area contributed by atoms with Crippen LogP contribution in [0, 0.1) is 34.6 Å². The summed E-state index contributed by atoms with van der Waals surface area (Å²) < 4.78 is 56.1. The van der Waals surface area contributed by atoms with Crippen molar-refractivity contribution in [3.05, 3.63) is 365 Å². The van der Waals surface area contributed by atoms with Gasteiger partial charge in [0.05, 0.1) is 59.5 Å². The molecule has 0 fully saturated rings. The van der Waals surface area contributed by atoms with Crippen molar-refractivity contribution < 1.29 is 47.4 Å². The Morgan fingerprint density at radius 2 is 0.407 bits per heavy atom. The van der Waals surface area contributed by atoms with Gasteiger partial charge in [0.25, 0.3) is 0 Å². The van der Waals surface area contributed by atoms with E-state index in [9.17, 15) is 0 Å². The summed E-state index contributed by atoms with van der Waals surface area (Å²) in [6, 6.07) is 105. The van der Waals surface area contributed by atoms with Gasteiger partial charge in [-0.1, -0.05) is 333 Å². The molecule has 0 atom stereocenters. The topological polar surface area (TPSA) is 92.3 Å². The van der Waals surface area contributed by atoms with Crippen LogP contribution in [0.5, 0.6) is 63.2 Å². The summed E-state index contributed by atoms with van der Waals surface area (Å²) in [6.07, 6.45) is 19.5. The average Bonchev–Trinajstić information content (AvgIpc) is 0.834. The molecule has 0 N–H and O–H groups in total. The van der Waals surface area contributed by atoms with E-state index >= 15 is 0 Å². The third-order valence-corrected chi connectivity index (χ3v) is 23.3. The van der Waals surface area contributed by atoms with Crippen LogP contribution >= 0.6 is 0 Å². The molecule has 742 valence electrons. The second-order valence-electron chi connectivity index (χ2n) is 35.0. The Morgan fingerprint density at radius 3 is 0.729 bits per heavy atom. The summed E-state index contributed by atoms with van der Waals surface area (Å²) in [5.41, 5.74) is 15.8. The zero-order chi connectivity index (χ0) is 100. The Hall–Kier alpha value is -12.9. The second-order valence-corrected chi connectivity index (χ2v) is 35.0. The molecule has 0 radical (unpaired) electrons. The van der Waals surface area contributed by atoms with Gasteiger partial charge in [0, 0.05) is 39.7 Å². The molecule has 140 heavy (non-hydrogen) atoms. The van der Waals surface area contributed by atoms with Crippen molar-refractivity contribution in [3.63, 3.8) is 0 Å². The molecule has 0 aromatic heterocycles. The van der Waals surface area contributed by atoms with Gasteiger partial charge < -0.3 is 47.4 Å². The standard InChI is InChI=1S/C17H20O3.2C15H18O2.C14H22O3.4C14H16.C13H20/c1-3-13-19-15-7-11-17(12-8-15)20-16-9-5-14(6-10-16)18-4-2;2*1-3-11-17-15-10-9-14(16-4-2)12-7-5-6-8-13(12)15;1-4-7-16-13-9-12(15-6-3)10-14(11-13)17-8-5-2;2*1-3-6-12-8-5-9-13-11(2)7-4-10-14(12)13;2*1-3-6-12-10-9-11(2)13-7-4-5-8-14(12)13;1-4-6-12-8-11(3)9-13(10-12)7-5-2/h5-12H,3-4,13H2,1-2H3;2*5-10H,3-4,11H2,1-2H3;9-11H,4-8H2,1-3H3;4*4-5,7-10H,3,6H2,1-2H3;8-10H,4-7H2,1-3H3. The molecule has 0 aliphatic carbocycles. The second kappa shape index (κ2) is 64.4. The van der Waals surface area contributed by atoms with E-state index < -0.39 is 0 Å². The van der Waals surface area contributed by atoms with Crippen molar-refractivity contribution in [1.29, 1.82) is 0 Å². The quantitative estimate of drug-likeness (QED) is 0.0375. The zero-order valence-electron chi connectivity index (χ0n) is 88.3. The molecule has 16 aromatic carbocycles. The van der Waals surface area contributed by atoms with Crippen molar-refractivity contribution in [1.82, 2.24) is 0 Å². The first-order chi connectivity index (χ1) is 68.4. The van der Waals surface area contributed by atoms with E-state index in [0.717, 1.165) is 137 Å². The minimum Gasteiger partial charge on any atom is -0.494 e. The molecule has 0 spiro atoms. The summed E-state index contributed by atoms with van der Waals surface area (Å²) in [4.78, 5) is 0. The molecule has 0 aliphatic rings. The summed E-state index contributed by atoms with van der Waals surface area (Å²) >= 11 is 0. The van der Waals surface area contributed by atoms with Gasteiger partial charge in [-0.2, -0.15) is 0 Å². The third kappa shape index (κ3) is 36.7. The fourth-order valence-electron chi connectivity index (χ4n) is 16.7. The molecule has 0 heterocycles. The fraction of sp³-hybridized carbons (Fsp3) is 0.354. The molecule has 16 rings (SSSR count). The van der Waals surface area contributed by atoms with Gasteiger partial charge >= 0.3 is 0 Å². The summed E-state index contributed by atoms with van der Waals surface area (Å²) in [7, 11) is 0. The van der Waals surface area contributed by atoms with E-state index in [1.165, 1.54) is 181 Å². The Kier molecular flexibility index (Phi) is 51.6. The van der Waals surface area contributed by atoms with Crippen LogP contribution in [0.15, 0.2) is 303 Å². The highest BCUT2D eigenvalue weighted by atomic mass is 16.5. The van der Waals surface area contributed by atoms with Gasteiger partial charge in [-0.05, 0) is 304 Å². The third-order valence-electron chi connectivity index (χ3n) is 23.3. The van der Waals surface area contributed by atoms with Crippen LogP contribution in [-0.4, -0.2) is 59.5 Å². The van der Waals surface area contributed by atoms with Gasteiger partial charge in [-0.25, -0.2) is 0 Å². The predicted molar refractivity (Wildman–Crippen MR) is 601 cm³/mol. The van der Waals surface area contributed by atoms with E-state index in [1.54, 1.807) is 0 Å². The van der Waals surface area contributed by atoms with Crippen molar-refractivity contribution >= 4 is 64.6 Å². The van der Waals surface area contributed by atoms with Crippen LogP contribution < -0.4 is 47.4 Å². The van der Waals surface area contributed by atoms with Gasteiger partial charge in [0.15, 0.2) is 0 Å². The van der Waals surface area contributed by atoms with E-state index in [0.29, 0.717) is 39.6 Å². The molecule has 0 bridgehead atoms. The maximum absolute atomic E-state index is 5.76. The first kappa shape index (κ1) is 112. The van der Waals surface area contributed by atoms with Crippen molar-refractivity contribution in [3.8, 4) is 63.2 Å². The highest BCUT2D eigenvalue weighted by Crippen LogP contribution is 2.37. The number of ether oxygens (including phenoxy) is 10.